The van der Waals surface area contributed by atoms with Gasteiger partial charge < -0.3 is 25.0 Å². The summed E-state index contributed by atoms with van der Waals surface area (Å²) in [6.07, 6.45) is 3.44. The number of nitrogens with one attached hydrogen (secondary N) is 2. The first-order valence-electron chi connectivity index (χ1n) is 9.55. The summed E-state index contributed by atoms with van der Waals surface area (Å²) < 4.78 is 10.6. The fourth-order valence-electron chi connectivity index (χ4n) is 3.12. The molecule has 0 bridgehead atoms. The molecule has 0 unspecified atom stereocenters. The maximum absolute atomic E-state index is 12.2. The van der Waals surface area contributed by atoms with E-state index in [0.717, 1.165) is 50.9 Å². The average Bonchev–Trinajstić information content (AvgIpc) is 2.72. The van der Waals surface area contributed by atoms with Gasteiger partial charge in [0.2, 0.25) is 0 Å². The van der Waals surface area contributed by atoms with Crippen LogP contribution in [0.4, 0.5) is 0 Å². The number of carbonyl (C=O) groups excluding carboxylic acids is 1. The van der Waals surface area contributed by atoms with E-state index in [1.165, 1.54) is 0 Å². The highest BCUT2D eigenvalue weighted by molar-refractivity contribution is 14.0. The maximum Gasteiger partial charge on any atom is 0.251 e. The second-order valence-corrected chi connectivity index (χ2v) is 6.73. The first kappa shape index (κ1) is 24.5. The molecule has 1 aliphatic rings. The van der Waals surface area contributed by atoms with Crippen LogP contribution in [0.25, 0.3) is 0 Å². The molecule has 0 atom stereocenters. The molecular weight excluding hydrogens is 471 g/mol. The molecule has 7 nitrogen and oxygen atoms in total. The molecule has 1 fully saturated rings. The summed E-state index contributed by atoms with van der Waals surface area (Å²) in [6.45, 7) is 3.86. The van der Waals surface area contributed by atoms with Gasteiger partial charge in [-0.3, -0.25) is 9.79 Å². The number of aliphatic imine (C=N–C) groups is 1. The predicted octanol–water partition coefficient (Wildman–Crippen LogP) is 2.37. The molecule has 1 saturated heterocycles. The Kier molecular flexibility index (Phi) is 11.9. The largest absolute Gasteiger partial charge is 0.497 e. The number of amides is 1. The summed E-state index contributed by atoms with van der Waals surface area (Å²) in [4.78, 5) is 18.7. The van der Waals surface area contributed by atoms with E-state index in [-0.39, 0.29) is 29.9 Å². The lowest BCUT2D eigenvalue weighted by Gasteiger charge is -2.26. The minimum atomic E-state index is -0.112. The van der Waals surface area contributed by atoms with Gasteiger partial charge in [0.1, 0.15) is 5.75 Å². The quantitative estimate of drug-likeness (QED) is 0.246. The van der Waals surface area contributed by atoms with Gasteiger partial charge in [-0.1, -0.05) is 6.07 Å². The number of guanidine groups is 1. The Morgan fingerprint density at radius 1 is 1.29 bits per heavy atom. The minimum absolute atomic E-state index is 0. The molecule has 0 radical (unpaired) electrons. The van der Waals surface area contributed by atoms with Crippen molar-refractivity contribution in [1.29, 1.82) is 0 Å². The number of hydrogen-bond donors (Lipinski definition) is 2. The van der Waals surface area contributed by atoms with Gasteiger partial charge in [-0.05, 0) is 43.4 Å². The first-order chi connectivity index (χ1) is 13.1. The monoisotopic (exact) mass is 504 g/mol. The van der Waals surface area contributed by atoms with Crippen molar-refractivity contribution in [2.45, 2.75) is 19.3 Å². The Morgan fingerprint density at radius 2 is 2.00 bits per heavy atom. The SMILES string of the molecule is CN=C(NCCNC(=O)c1cccc(OC)c1)N(C)CCC1CCOCC1.I. The lowest BCUT2D eigenvalue weighted by atomic mass is 9.96. The Morgan fingerprint density at radius 3 is 2.68 bits per heavy atom. The number of benzene rings is 1. The fourth-order valence-corrected chi connectivity index (χ4v) is 3.12. The van der Waals surface area contributed by atoms with Crippen LogP contribution in [0.5, 0.6) is 5.75 Å². The third-order valence-electron chi connectivity index (χ3n) is 4.81. The molecule has 1 aromatic carbocycles. The van der Waals surface area contributed by atoms with Gasteiger partial charge in [0.15, 0.2) is 5.96 Å². The molecule has 158 valence electrons. The van der Waals surface area contributed by atoms with Gasteiger partial charge in [0.05, 0.1) is 7.11 Å². The number of nitrogens with zero attached hydrogens (tertiary/aromatic N) is 2. The van der Waals surface area contributed by atoms with Crippen LogP contribution < -0.4 is 15.4 Å². The van der Waals surface area contributed by atoms with Crippen LogP contribution in [-0.4, -0.2) is 70.8 Å². The van der Waals surface area contributed by atoms with Crippen molar-refractivity contribution in [3.8, 4) is 5.75 Å². The van der Waals surface area contributed by atoms with Crippen LogP contribution in [0.15, 0.2) is 29.3 Å². The standard InChI is InChI=1S/C20H32N4O3.HI/c1-21-20(24(2)12-7-16-8-13-27-14-9-16)23-11-10-22-19(25)17-5-4-6-18(15-17)26-3;/h4-6,15-16H,7-14H2,1-3H3,(H,21,23)(H,22,25);1H. The van der Waals surface area contributed by atoms with E-state index in [1.807, 2.05) is 13.1 Å². The summed E-state index contributed by atoms with van der Waals surface area (Å²) in [5.41, 5.74) is 0.590. The zero-order valence-electron chi connectivity index (χ0n) is 17.1. The second kappa shape index (κ2) is 13.6. The van der Waals surface area contributed by atoms with Gasteiger partial charge in [0, 0.05) is 52.5 Å². The van der Waals surface area contributed by atoms with Crippen LogP contribution in [0.1, 0.15) is 29.6 Å². The van der Waals surface area contributed by atoms with E-state index in [1.54, 1.807) is 32.4 Å². The molecule has 1 aromatic rings. The molecule has 0 saturated carbocycles. The molecule has 1 heterocycles. The smallest absolute Gasteiger partial charge is 0.251 e. The number of hydrogen-bond acceptors (Lipinski definition) is 4. The van der Waals surface area contributed by atoms with Crippen molar-refractivity contribution < 1.29 is 14.3 Å². The Labute approximate surface area is 185 Å². The van der Waals surface area contributed by atoms with Gasteiger partial charge in [-0.15, -0.1) is 24.0 Å². The van der Waals surface area contributed by atoms with E-state index < -0.39 is 0 Å². The van der Waals surface area contributed by atoms with Gasteiger partial charge in [-0.2, -0.15) is 0 Å². The Balaban J connectivity index is 0.00000392. The van der Waals surface area contributed by atoms with E-state index in [4.69, 9.17) is 9.47 Å². The average molecular weight is 504 g/mol. The van der Waals surface area contributed by atoms with Crippen molar-refractivity contribution in [1.82, 2.24) is 15.5 Å². The molecule has 2 rings (SSSR count). The predicted molar refractivity (Wildman–Crippen MR) is 123 cm³/mol. The lowest BCUT2D eigenvalue weighted by Crippen LogP contribution is -2.43. The van der Waals surface area contributed by atoms with Crippen LogP contribution in [0, 0.1) is 5.92 Å². The molecule has 0 aliphatic carbocycles. The number of methoxy groups -OCH3 is 1. The molecule has 2 N–H and O–H groups in total. The highest BCUT2D eigenvalue weighted by Gasteiger charge is 2.15. The first-order valence-corrected chi connectivity index (χ1v) is 9.55. The van der Waals surface area contributed by atoms with Crippen LogP contribution in [-0.2, 0) is 4.74 Å². The van der Waals surface area contributed by atoms with Crippen molar-refractivity contribution in [3.05, 3.63) is 29.8 Å². The van der Waals surface area contributed by atoms with Gasteiger partial charge >= 0.3 is 0 Å². The second-order valence-electron chi connectivity index (χ2n) is 6.73. The molecule has 1 amide bonds. The topological polar surface area (TPSA) is 75.2 Å². The number of rotatable bonds is 8. The zero-order chi connectivity index (χ0) is 19.5. The third-order valence-corrected chi connectivity index (χ3v) is 4.81. The van der Waals surface area contributed by atoms with Crippen molar-refractivity contribution in [2.24, 2.45) is 10.9 Å². The lowest BCUT2D eigenvalue weighted by molar-refractivity contribution is 0.0625. The van der Waals surface area contributed by atoms with Crippen molar-refractivity contribution in [3.63, 3.8) is 0 Å². The molecule has 28 heavy (non-hydrogen) atoms. The minimum Gasteiger partial charge on any atom is -0.497 e. The van der Waals surface area contributed by atoms with Gasteiger partial charge in [0.25, 0.3) is 5.91 Å². The zero-order valence-corrected chi connectivity index (χ0v) is 19.4. The normalized spacial score (nSPS) is 14.8. The maximum atomic E-state index is 12.2. The highest BCUT2D eigenvalue weighted by Crippen LogP contribution is 2.18. The van der Waals surface area contributed by atoms with Crippen molar-refractivity contribution >= 4 is 35.8 Å². The molecular formula is C20H33IN4O3. The molecule has 0 spiro atoms. The Bertz CT molecular complexity index is 621. The third kappa shape index (κ3) is 8.22. The summed E-state index contributed by atoms with van der Waals surface area (Å²) in [7, 11) is 5.41. The number of halogens is 1. The summed E-state index contributed by atoms with van der Waals surface area (Å²) >= 11 is 0. The van der Waals surface area contributed by atoms with E-state index >= 15 is 0 Å². The summed E-state index contributed by atoms with van der Waals surface area (Å²) in [6, 6.07) is 7.12. The molecule has 8 heteroatoms. The molecule has 0 aromatic heterocycles. The summed E-state index contributed by atoms with van der Waals surface area (Å²) in [5, 5.41) is 6.21. The Hall–Kier alpha value is -1.55. The van der Waals surface area contributed by atoms with E-state index in [2.05, 4.69) is 20.5 Å². The number of ether oxygens (including phenoxy) is 2. The van der Waals surface area contributed by atoms with Crippen LogP contribution >= 0.6 is 24.0 Å². The van der Waals surface area contributed by atoms with E-state index in [0.29, 0.717) is 24.4 Å². The van der Waals surface area contributed by atoms with E-state index in [9.17, 15) is 4.79 Å². The summed E-state index contributed by atoms with van der Waals surface area (Å²) in [5.74, 6) is 2.14. The van der Waals surface area contributed by atoms with Gasteiger partial charge in [-0.25, -0.2) is 0 Å². The highest BCUT2D eigenvalue weighted by atomic mass is 127. The fraction of sp³-hybridized carbons (Fsp3) is 0.600. The van der Waals surface area contributed by atoms with Crippen molar-refractivity contribution in [2.75, 3.05) is 54.1 Å². The molecule has 1 aliphatic heterocycles. The van der Waals surface area contributed by atoms with Crippen LogP contribution in [0.2, 0.25) is 0 Å². The van der Waals surface area contributed by atoms with Crippen LogP contribution in [0.3, 0.4) is 0 Å². The number of carbonyl (C=O) groups is 1.